The number of nitrogens with zero attached hydrogens (tertiary/aromatic N) is 2. The molecule has 2 aromatic heterocycles. The molecule has 0 saturated heterocycles. The van der Waals surface area contributed by atoms with E-state index in [9.17, 15) is 4.79 Å². The molecule has 0 saturated carbocycles. The van der Waals surface area contributed by atoms with Gasteiger partial charge < -0.3 is 0 Å². The average molecular weight is 375 g/mol. The summed E-state index contributed by atoms with van der Waals surface area (Å²) in [7, 11) is 0. The monoisotopic (exact) mass is 374 g/mol. The van der Waals surface area contributed by atoms with Crippen LogP contribution in [0.2, 0.25) is 0 Å². The molecule has 112 valence electrons. The van der Waals surface area contributed by atoms with Crippen LogP contribution in [0.4, 0.5) is 0 Å². The SMILES string of the molecule is O=c1c2c3c(sc2ncn1-c1cccc(Br)c1)CCCCC3. The molecule has 0 bridgehead atoms. The lowest BCUT2D eigenvalue weighted by molar-refractivity contribution is 0.713. The summed E-state index contributed by atoms with van der Waals surface area (Å²) in [5.74, 6) is 0. The Morgan fingerprint density at radius 3 is 2.91 bits per heavy atom. The van der Waals surface area contributed by atoms with Crippen molar-refractivity contribution in [1.29, 1.82) is 0 Å². The van der Waals surface area contributed by atoms with E-state index in [0.717, 1.165) is 33.2 Å². The molecule has 1 aromatic carbocycles. The summed E-state index contributed by atoms with van der Waals surface area (Å²) in [5, 5.41) is 0.837. The lowest BCUT2D eigenvalue weighted by Gasteiger charge is -2.06. The van der Waals surface area contributed by atoms with Crippen LogP contribution >= 0.6 is 27.3 Å². The fourth-order valence-corrected chi connectivity index (χ4v) is 4.74. The second-order valence-electron chi connectivity index (χ2n) is 5.64. The Kier molecular flexibility index (Phi) is 3.62. The van der Waals surface area contributed by atoms with Gasteiger partial charge in [-0.2, -0.15) is 0 Å². The molecular weight excluding hydrogens is 360 g/mol. The number of halogens is 1. The van der Waals surface area contributed by atoms with Crippen molar-refractivity contribution in [1.82, 2.24) is 9.55 Å². The quantitative estimate of drug-likeness (QED) is 0.588. The van der Waals surface area contributed by atoms with E-state index in [1.807, 2.05) is 24.3 Å². The molecule has 0 fully saturated rings. The number of rotatable bonds is 1. The third kappa shape index (κ3) is 2.32. The van der Waals surface area contributed by atoms with E-state index in [1.54, 1.807) is 22.2 Å². The second-order valence-corrected chi connectivity index (χ2v) is 7.64. The van der Waals surface area contributed by atoms with Crippen LogP contribution in [0, 0.1) is 0 Å². The molecule has 0 aliphatic heterocycles. The summed E-state index contributed by atoms with van der Waals surface area (Å²) in [6.07, 6.45) is 7.40. The zero-order valence-electron chi connectivity index (χ0n) is 12.0. The normalized spacial score (nSPS) is 14.8. The highest BCUT2D eigenvalue weighted by Crippen LogP contribution is 2.32. The van der Waals surface area contributed by atoms with Crippen molar-refractivity contribution < 1.29 is 0 Å². The fraction of sp³-hybridized carbons (Fsp3) is 0.294. The van der Waals surface area contributed by atoms with Gasteiger partial charge in [0.25, 0.3) is 5.56 Å². The molecule has 0 spiro atoms. The molecule has 3 nitrogen and oxygen atoms in total. The molecule has 0 atom stereocenters. The van der Waals surface area contributed by atoms with E-state index in [4.69, 9.17) is 0 Å². The number of hydrogen-bond donors (Lipinski definition) is 0. The first-order chi connectivity index (χ1) is 10.7. The van der Waals surface area contributed by atoms with Crippen LogP contribution in [-0.2, 0) is 12.8 Å². The average Bonchev–Trinajstić information content (AvgIpc) is 2.70. The Bertz CT molecular complexity index is 913. The van der Waals surface area contributed by atoms with Crippen LogP contribution in [0.5, 0.6) is 0 Å². The Labute approximate surface area is 140 Å². The van der Waals surface area contributed by atoms with Gasteiger partial charge in [-0.05, 0) is 49.4 Å². The highest BCUT2D eigenvalue weighted by atomic mass is 79.9. The van der Waals surface area contributed by atoms with Crippen LogP contribution in [0.15, 0.2) is 39.9 Å². The summed E-state index contributed by atoms with van der Waals surface area (Å²) in [5.41, 5.74) is 2.16. The zero-order chi connectivity index (χ0) is 15.1. The Balaban J connectivity index is 1.97. The number of aryl methyl sites for hydroxylation is 2. The van der Waals surface area contributed by atoms with Gasteiger partial charge in [0.1, 0.15) is 11.2 Å². The molecular formula is C17H15BrN2OS. The van der Waals surface area contributed by atoms with Crippen molar-refractivity contribution in [2.45, 2.75) is 32.1 Å². The highest BCUT2D eigenvalue weighted by molar-refractivity contribution is 9.10. The Morgan fingerprint density at radius 2 is 2.05 bits per heavy atom. The first kappa shape index (κ1) is 14.2. The van der Waals surface area contributed by atoms with Gasteiger partial charge in [-0.1, -0.05) is 28.4 Å². The predicted molar refractivity (Wildman–Crippen MR) is 94.2 cm³/mol. The minimum absolute atomic E-state index is 0.0579. The van der Waals surface area contributed by atoms with Crippen molar-refractivity contribution in [2.24, 2.45) is 0 Å². The van der Waals surface area contributed by atoms with E-state index in [1.165, 1.54) is 29.7 Å². The van der Waals surface area contributed by atoms with Gasteiger partial charge in [0.15, 0.2) is 0 Å². The molecule has 4 rings (SSSR count). The van der Waals surface area contributed by atoms with E-state index in [0.29, 0.717) is 0 Å². The van der Waals surface area contributed by atoms with Crippen molar-refractivity contribution in [3.8, 4) is 5.69 Å². The molecule has 22 heavy (non-hydrogen) atoms. The van der Waals surface area contributed by atoms with Crippen molar-refractivity contribution in [3.05, 3.63) is 55.9 Å². The van der Waals surface area contributed by atoms with Crippen molar-refractivity contribution in [3.63, 3.8) is 0 Å². The summed E-state index contributed by atoms with van der Waals surface area (Å²) in [6.45, 7) is 0. The van der Waals surface area contributed by atoms with E-state index >= 15 is 0 Å². The number of thiophene rings is 1. The van der Waals surface area contributed by atoms with Crippen molar-refractivity contribution >= 4 is 37.5 Å². The van der Waals surface area contributed by atoms with E-state index in [2.05, 4.69) is 20.9 Å². The minimum Gasteiger partial charge on any atom is -0.268 e. The number of benzene rings is 1. The molecule has 1 aliphatic carbocycles. The first-order valence-corrected chi connectivity index (χ1v) is 9.13. The minimum atomic E-state index is 0.0579. The zero-order valence-corrected chi connectivity index (χ0v) is 14.4. The molecule has 5 heteroatoms. The van der Waals surface area contributed by atoms with Crippen LogP contribution in [0.3, 0.4) is 0 Å². The standard InChI is InChI=1S/C17H15BrN2OS/c18-11-5-4-6-12(9-11)20-10-19-16-15(17(20)21)13-7-2-1-3-8-14(13)22-16/h4-6,9-10H,1-3,7-8H2. The number of fused-ring (bicyclic) bond motifs is 3. The van der Waals surface area contributed by atoms with Gasteiger partial charge in [-0.25, -0.2) is 4.98 Å². The van der Waals surface area contributed by atoms with Crippen LogP contribution < -0.4 is 5.56 Å². The Hall–Kier alpha value is -1.46. The van der Waals surface area contributed by atoms with Crippen molar-refractivity contribution in [2.75, 3.05) is 0 Å². The van der Waals surface area contributed by atoms with E-state index < -0.39 is 0 Å². The smallest absolute Gasteiger partial charge is 0.266 e. The maximum absolute atomic E-state index is 13.0. The summed E-state index contributed by atoms with van der Waals surface area (Å²) >= 11 is 5.16. The third-order valence-electron chi connectivity index (χ3n) is 4.21. The highest BCUT2D eigenvalue weighted by Gasteiger charge is 2.19. The molecule has 3 aromatic rings. The van der Waals surface area contributed by atoms with Gasteiger partial charge >= 0.3 is 0 Å². The molecule has 0 amide bonds. The van der Waals surface area contributed by atoms with Gasteiger partial charge in [-0.3, -0.25) is 9.36 Å². The summed E-state index contributed by atoms with van der Waals surface area (Å²) in [4.78, 5) is 19.8. The summed E-state index contributed by atoms with van der Waals surface area (Å²) < 4.78 is 2.62. The maximum Gasteiger partial charge on any atom is 0.266 e. The number of aromatic nitrogens is 2. The third-order valence-corrected chi connectivity index (χ3v) is 5.91. The van der Waals surface area contributed by atoms with Crippen LogP contribution in [0.25, 0.3) is 15.9 Å². The topological polar surface area (TPSA) is 34.9 Å². The maximum atomic E-state index is 13.0. The fourth-order valence-electron chi connectivity index (χ4n) is 3.13. The second kappa shape index (κ2) is 5.63. The van der Waals surface area contributed by atoms with Gasteiger partial charge in [0.2, 0.25) is 0 Å². The van der Waals surface area contributed by atoms with Gasteiger partial charge in [0, 0.05) is 9.35 Å². The van der Waals surface area contributed by atoms with Gasteiger partial charge in [-0.15, -0.1) is 11.3 Å². The first-order valence-electron chi connectivity index (χ1n) is 7.52. The van der Waals surface area contributed by atoms with Crippen LogP contribution in [0.1, 0.15) is 29.7 Å². The molecule has 0 radical (unpaired) electrons. The predicted octanol–water partition coefficient (Wildman–Crippen LogP) is 4.48. The van der Waals surface area contributed by atoms with Gasteiger partial charge in [0.05, 0.1) is 11.1 Å². The van der Waals surface area contributed by atoms with Crippen LogP contribution in [-0.4, -0.2) is 9.55 Å². The number of hydrogen-bond acceptors (Lipinski definition) is 3. The largest absolute Gasteiger partial charge is 0.268 e. The summed E-state index contributed by atoms with van der Waals surface area (Å²) in [6, 6.07) is 7.77. The lowest BCUT2D eigenvalue weighted by Crippen LogP contribution is -2.19. The molecule has 1 aliphatic rings. The Morgan fingerprint density at radius 1 is 1.18 bits per heavy atom. The molecule has 0 N–H and O–H groups in total. The lowest BCUT2D eigenvalue weighted by atomic mass is 10.1. The van der Waals surface area contributed by atoms with E-state index in [-0.39, 0.29) is 5.56 Å². The molecule has 2 heterocycles. The molecule has 0 unspecified atom stereocenters.